The van der Waals surface area contributed by atoms with Gasteiger partial charge >= 0.3 is 6.03 Å². The normalized spacial score (nSPS) is 16.4. The van der Waals surface area contributed by atoms with Crippen LogP contribution < -0.4 is 10.2 Å². The van der Waals surface area contributed by atoms with Crippen molar-refractivity contribution in [1.82, 2.24) is 4.90 Å². The smallest absolute Gasteiger partial charge is 0.337 e. The van der Waals surface area contributed by atoms with E-state index < -0.39 is 23.0 Å². The van der Waals surface area contributed by atoms with Gasteiger partial charge in [0.05, 0.1) is 21.5 Å². The van der Waals surface area contributed by atoms with Crippen LogP contribution in [0.5, 0.6) is 0 Å². The van der Waals surface area contributed by atoms with E-state index >= 15 is 0 Å². The van der Waals surface area contributed by atoms with Gasteiger partial charge in [0.15, 0.2) is 0 Å². The molecule has 1 fully saturated rings. The number of nitro benzene ring substituents is 1. The Kier molecular flexibility index (Phi) is 6.00. The Morgan fingerprint density at radius 2 is 1.83 bits per heavy atom. The molecule has 1 aliphatic heterocycles. The first kappa shape index (κ1) is 20.6. The number of aliphatic imine (C=N–C) groups is 1. The van der Waals surface area contributed by atoms with E-state index in [1.165, 1.54) is 25.2 Å². The van der Waals surface area contributed by atoms with Gasteiger partial charge in [-0.15, -0.1) is 11.6 Å². The van der Waals surface area contributed by atoms with E-state index in [2.05, 4.69) is 10.3 Å². The molecule has 2 aromatic rings. The molecule has 0 aromatic heterocycles. The Bertz CT molecular complexity index is 1010. The number of amidine groups is 1. The largest absolute Gasteiger partial charge is 0.357 e. The quantitative estimate of drug-likeness (QED) is 0.321. The first-order valence-corrected chi connectivity index (χ1v) is 9.26. The number of nitrogens with one attached hydrogen (secondary N) is 1. The zero-order chi connectivity index (χ0) is 21.1. The first-order chi connectivity index (χ1) is 13.8. The van der Waals surface area contributed by atoms with Crippen molar-refractivity contribution in [3.8, 4) is 0 Å². The number of urea groups is 1. The van der Waals surface area contributed by atoms with Crippen molar-refractivity contribution < 1.29 is 14.5 Å². The Labute approximate surface area is 175 Å². The minimum Gasteiger partial charge on any atom is -0.357 e. The Hall–Kier alpha value is -3.17. The van der Waals surface area contributed by atoms with Crippen molar-refractivity contribution >= 4 is 58.0 Å². The fourth-order valence-corrected chi connectivity index (χ4v) is 3.09. The van der Waals surface area contributed by atoms with Gasteiger partial charge in [0, 0.05) is 13.1 Å². The summed E-state index contributed by atoms with van der Waals surface area (Å²) in [4.78, 5) is 42.1. The average molecular weight is 436 g/mol. The van der Waals surface area contributed by atoms with Crippen LogP contribution >= 0.6 is 23.2 Å². The van der Waals surface area contributed by atoms with Crippen LogP contribution in [0.4, 0.5) is 21.9 Å². The van der Waals surface area contributed by atoms with Crippen molar-refractivity contribution in [1.29, 1.82) is 0 Å². The lowest BCUT2D eigenvalue weighted by atomic mass is 10.2. The molecular formula is C18H15Cl2N5O4. The maximum atomic E-state index is 12.6. The third-order valence-electron chi connectivity index (χ3n) is 4.13. The highest BCUT2D eigenvalue weighted by Crippen LogP contribution is 2.30. The van der Waals surface area contributed by atoms with Crippen molar-refractivity contribution in [3.63, 3.8) is 0 Å². The second kappa shape index (κ2) is 8.46. The molecule has 1 saturated heterocycles. The van der Waals surface area contributed by atoms with E-state index in [0.717, 1.165) is 9.80 Å². The number of carbonyl (C=O) groups excluding carboxylic acids is 2. The molecule has 1 heterocycles. The lowest BCUT2D eigenvalue weighted by Gasteiger charge is -2.19. The second-order valence-corrected chi connectivity index (χ2v) is 6.69. The summed E-state index contributed by atoms with van der Waals surface area (Å²) in [6, 6.07) is 11.8. The lowest BCUT2D eigenvalue weighted by molar-refractivity contribution is -0.384. The predicted molar refractivity (Wildman–Crippen MR) is 111 cm³/mol. The number of hydrogen-bond donors (Lipinski definition) is 1. The molecule has 0 radical (unpaired) electrons. The van der Waals surface area contributed by atoms with E-state index in [4.69, 9.17) is 23.2 Å². The molecule has 3 rings (SSSR count). The number of hydrogen-bond acceptors (Lipinski definition) is 6. The zero-order valence-electron chi connectivity index (χ0n) is 15.1. The third kappa shape index (κ3) is 4.01. The number of likely N-dealkylation sites (N-methyl/N-ethyl adjacent to an activating group) is 1. The van der Waals surface area contributed by atoms with E-state index in [-0.39, 0.29) is 33.8 Å². The number of halogens is 2. The summed E-state index contributed by atoms with van der Waals surface area (Å²) < 4.78 is 0. The molecule has 11 heteroatoms. The number of anilines is 2. The fraction of sp³-hybridized carbons (Fsp3) is 0.167. The standard InChI is InChI=1S/C18H15Cl2N5O4/c1-23-17(26)16(24(18(23)27)13-8-4-2-6-11(13)20)22-15(10-19)21-12-7-3-5-9-14(12)25(28)29/h2-9,15,21H,10H2,1H3. The molecule has 0 saturated carbocycles. The molecule has 0 aliphatic carbocycles. The lowest BCUT2D eigenvalue weighted by Crippen LogP contribution is -2.34. The average Bonchev–Trinajstić information content (AvgIpc) is 2.92. The highest BCUT2D eigenvalue weighted by molar-refractivity contribution is 6.55. The van der Waals surface area contributed by atoms with Crippen LogP contribution in [0.15, 0.2) is 53.5 Å². The SMILES string of the molecule is CN1C(=O)C(=NC(CCl)Nc2ccccc2[N+](=O)[O-])N(c2ccccc2Cl)C1=O. The Balaban J connectivity index is 2.01. The number of carbonyl (C=O) groups is 2. The summed E-state index contributed by atoms with van der Waals surface area (Å²) >= 11 is 12.2. The Morgan fingerprint density at radius 3 is 2.48 bits per heavy atom. The number of rotatable bonds is 6. The molecule has 2 aromatic carbocycles. The molecule has 29 heavy (non-hydrogen) atoms. The van der Waals surface area contributed by atoms with Gasteiger partial charge < -0.3 is 5.32 Å². The van der Waals surface area contributed by atoms with Crippen molar-refractivity contribution in [3.05, 3.63) is 63.7 Å². The molecule has 1 atom stereocenters. The molecule has 1 aliphatic rings. The molecule has 1 unspecified atom stereocenters. The van der Waals surface area contributed by atoms with Crippen LogP contribution in [0.2, 0.25) is 5.02 Å². The van der Waals surface area contributed by atoms with Crippen molar-refractivity contribution in [2.45, 2.75) is 6.17 Å². The van der Waals surface area contributed by atoms with E-state index in [9.17, 15) is 19.7 Å². The van der Waals surface area contributed by atoms with Gasteiger partial charge in [-0.2, -0.15) is 0 Å². The molecular weight excluding hydrogens is 421 g/mol. The fourth-order valence-electron chi connectivity index (χ4n) is 2.72. The summed E-state index contributed by atoms with van der Waals surface area (Å²) in [6.07, 6.45) is -0.916. The summed E-state index contributed by atoms with van der Waals surface area (Å²) in [5.74, 6) is -0.950. The molecule has 3 amide bonds. The maximum absolute atomic E-state index is 12.6. The van der Waals surface area contributed by atoms with E-state index in [1.54, 1.807) is 30.3 Å². The molecule has 9 nitrogen and oxygen atoms in total. The number of imide groups is 1. The number of para-hydroxylation sites is 3. The summed E-state index contributed by atoms with van der Waals surface area (Å²) in [7, 11) is 1.32. The van der Waals surface area contributed by atoms with Crippen LogP contribution in [0.3, 0.4) is 0 Å². The van der Waals surface area contributed by atoms with Gasteiger partial charge in [-0.25, -0.2) is 14.7 Å². The van der Waals surface area contributed by atoms with Gasteiger partial charge in [-0.3, -0.25) is 19.8 Å². The minimum atomic E-state index is -0.916. The van der Waals surface area contributed by atoms with Crippen molar-refractivity contribution in [2.24, 2.45) is 4.99 Å². The van der Waals surface area contributed by atoms with Crippen LogP contribution in [0.1, 0.15) is 0 Å². The van der Waals surface area contributed by atoms with Gasteiger partial charge in [0.2, 0.25) is 5.84 Å². The molecule has 0 spiro atoms. The maximum Gasteiger partial charge on any atom is 0.337 e. The van der Waals surface area contributed by atoms with E-state index in [0.29, 0.717) is 0 Å². The predicted octanol–water partition coefficient (Wildman–Crippen LogP) is 3.72. The van der Waals surface area contributed by atoms with Crippen LogP contribution in [-0.2, 0) is 4.79 Å². The highest BCUT2D eigenvalue weighted by Gasteiger charge is 2.42. The number of benzene rings is 2. The van der Waals surface area contributed by atoms with Gasteiger partial charge in [0.1, 0.15) is 11.9 Å². The third-order valence-corrected chi connectivity index (χ3v) is 4.74. The first-order valence-electron chi connectivity index (χ1n) is 8.35. The van der Waals surface area contributed by atoms with Gasteiger partial charge in [-0.05, 0) is 18.2 Å². The summed E-state index contributed by atoms with van der Waals surface area (Å²) in [5.41, 5.74) is 0.299. The Morgan fingerprint density at radius 1 is 1.17 bits per heavy atom. The number of nitrogens with zero attached hydrogens (tertiary/aromatic N) is 4. The summed E-state index contributed by atoms with van der Waals surface area (Å²) in [5, 5.41) is 14.3. The van der Waals surface area contributed by atoms with Crippen LogP contribution in [-0.4, -0.2) is 46.7 Å². The number of alkyl halides is 1. The topological polar surface area (TPSA) is 108 Å². The number of amides is 3. The van der Waals surface area contributed by atoms with Crippen LogP contribution in [0.25, 0.3) is 0 Å². The van der Waals surface area contributed by atoms with Crippen molar-refractivity contribution in [2.75, 3.05) is 23.1 Å². The minimum absolute atomic E-state index is 0.114. The number of nitro groups is 1. The molecule has 150 valence electrons. The summed E-state index contributed by atoms with van der Waals surface area (Å²) in [6.45, 7) is 0. The highest BCUT2D eigenvalue weighted by atomic mass is 35.5. The zero-order valence-corrected chi connectivity index (χ0v) is 16.6. The van der Waals surface area contributed by atoms with E-state index in [1.807, 2.05) is 0 Å². The van der Waals surface area contributed by atoms with Gasteiger partial charge in [-0.1, -0.05) is 35.9 Å². The molecule has 1 N–H and O–H groups in total. The monoisotopic (exact) mass is 435 g/mol. The van der Waals surface area contributed by atoms with Gasteiger partial charge in [0.25, 0.3) is 11.6 Å². The van der Waals surface area contributed by atoms with Crippen LogP contribution in [0, 0.1) is 10.1 Å². The second-order valence-electron chi connectivity index (χ2n) is 5.97. The molecule has 0 bridgehead atoms.